The van der Waals surface area contributed by atoms with Crippen LogP contribution in [0.2, 0.25) is 10.0 Å². The van der Waals surface area contributed by atoms with Crippen LogP contribution in [0.25, 0.3) is 0 Å². The van der Waals surface area contributed by atoms with Gasteiger partial charge in [0.25, 0.3) is 0 Å². The Hall–Kier alpha value is -2.11. The van der Waals surface area contributed by atoms with E-state index in [0.29, 0.717) is 27.2 Å². The topological polar surface area (TPSA) is 56.8 Å². The largest absolute Gasteiger partial charge is 0.454 e. The molecule has 0 saturated carbocycles. The molecule has 1 aliphatic rings. The molecule has 0 unspecified atom stereocenters. The average molecular weight is 340 g/mol. The Labute approximate surface area is 136 Å². The van der Waals surface area contributed by atoms with E-state index in [0.717, 1.165) is 5.56 Å². The number of rotatable bonds is 3. The maximum atomic E-state index is 11.8. The molecule has 1 heterocycles. The third-order valence-corrected chi connectivity index (χ3v) is 3.63. The zero-order valence-corrected chi connectivity index (χ0v) is 12.8. The molecule has 0 fully saturated rings. The van der Waals surface area contributed by atoms with Crippen LogP contribution in [0.3, 0.4) is 0 Å². The lowest BCUT2D eigenvalue weighted by atomic mass is 10.2. The van der Waals surface area contributed by atoms with Crippen LogP contribution in [0.5, 0.6) is 11.5 Å². The molecule has 0 saturated heterocycles. The van der Waals surface area contributed by atoms with Crippen LogP contribution in [-0.2, 0) is 11.3 Å². The SMILES string of the molecule is O=C(Nc1c(Cl)cccc1Cl)OCc1ccc2c(c1)OCO2. The fourth-order valence-electron chi connectivity index (χ4n) is 1.93. The molecular weight excluding hydrogens is 329 g/mol. The maximum absolute atomic E-state index is 11.8. The summed E-state index contributed by atoms with van der Waals surface area (Å²) in [6.07, 6.45) is -0.646. The molecule has 0 atom stereocenters. The van der Waals surface area contributed by atoms with Gasteiger partial charge in [-0.05, 0) is 29.8 Å². The molecule has 0 bridgehead atoms. The maximum Gasteiger partial charge on any atom is 0.412 e. The molecular formula is C15H11Cl2NO4. The van der Waals surface area contributed by atoms with Gasteiger partial charge in [-0.2, -0.15) is 0 Å². The predicted molar refractivity (Wildman–Crippen MR) is 82.8 cm³/mol. The van der Waals surface area contributed by atoms with Crippen LogP contribution in [0.4, 0.5) is 10.5 Å². The Morgan fingerprint density at radius 1 is 1.14 bits per heavy atom. The Balaban J connectivity index is 1.61. The first kappa shape index (κ1) is 14.8. The van der Waals surface area contributed by atoms with Crippen molar-refractivity contribution >= 4 is 35.0 Å². The van der Waals surface area contributed by atoms with Gasteiger partial charge < -0.3 is 14.2 Å². The van der Waals surface area contributed by atoms with Crippen LogP contribution in [0.15, 0.2) is 36.4 Å². The van der Waals surface area contributed by atoms with Gasteiger partial charge in [0, 0.05) is 0 Å². The monoisotopic (exact) mass is 339 g/mol. The van der Waals surface area contributed by atoms with Crippen molar-refractivity contribution < 1.29 is 19.0 Å². The number of para-hydroxylation sites is 1. The second kappa shape index (κ2) is 6.34. The van der Waals surface area contributed by atoms with Gasteiger partial charge in [0.1, 0.15) is 6.61 Å². The fourth-order valence-corrected chi connectivity index (χ4v) is 2.43. The van der Waals surface area contributed by atoms with E-state index in [-0.39, 0.29) is 13.4 Å². The van der Waals surface area contributed by atoms with Gasteiger partial charge in [-0.1, -0.05) is 35.3 Å². The first-order valence-corrected chi connectivity index (χ1v) is 7.15. The molecule has 0 radical (unpaired) electrons. The third kappa shape index (κ3) is 3.21. The summed E-state index contributed by atoms with van der Waals surface area (Å²) in [6, 6.07) is 10.3. The lowest BCUT2D eigenvalue weighted by Gasteiger charge is -2.10. The van der Waals surface area contributed by atoms with Crippen molar-refractivity contribution in [1.29, 1.82) is 0 Å². The third-order valence-electron chi connectivity index (χ3n) is 3.00. The molecule has 7 heteroatoms. The number of anilines is 1. The number of hydrogen-bond acceptors (Lipinski definition) is 4. The van der Waals surface area contributed by atoms with Crippen LogP contribution in [-0.4, -0.2) is 12.9 Å². The van der Waals surface area contributed by atoms with Gasteiger partial charge in [-0.3, -0.25) is 5.32 Å². The molecule has 2 aromatic carbocycles. The van der Waals surface area contributed by atoms with E-state index in [2.05, 4.69) is 5.32 Å². The highest BCUT2D eigenvalue weighted by Gasteiger charge is 2.14. The minimum atomic E-state index is -0.646. The van der Waals surface area contributed by atoms with Crippen molar-refractivity contribution in [3.8, 4) is 11.5 Å². The van der Waals surface area contributed by atoms with Gasteiger partial charge in [0.15, 0.2) is 11.5 Å². The van der Waals surface area contributed by atoms with Crippen molar-refractivity contribution in [3.05, 3.63) is 52.0 Å². The van der Waals surface area contributed by atoms with Gasteiger partial charge in [-0.15, -0.1) is 0 Å². The average Bonchev–Trinajstić information content (AvgIpc) is 2.96. The predicted octanol–water partition coefficient (Wildman–Crippen LogP) is 4.47. The zero-order valence-electron chi connectivity index (χ0n) is 11.3. The van der Waals surface area contributed by atoms with Crippen LogP contribution < -0.4 is 14.8 Å². The van der Waals surface area contributed by atoms with E-state index < -0.39 is 6.09 Å². The smallest absolute Gasteiger partial charge is 0.412 e. The Kier molecular flexibility index (Phi) is 4.27. The first-order chi connectivity index (χ1) is 10.6. The van der Waals surface area contributed by atoms with Gasteiger partial charge in [0.05, 0.1) is 15.7 Å². The molecule has 5 nitrogen and oxygen atoms in total. The quantitative estimate of drug-likeness (QED) is 0.896. The molecule has 0 spiro atoms. The number of carbonyl (C=O) groups is 1. The van der Waals surface area contributed by atoms with E-state index >= 15 is 0 Å². The minimum absolute atomic E-state index is 0.0878. The van der Waals surface area contributed by atoms with Crippen molar-refractivity contribution in [3.63, 3.8) is 0 Å². The molecule has 1 N–H and O–H groups in total. The molecule has 0 aliphatic carbocycles. The van der Waals surface area contributed by atoms with Gasteiger partial charge >= 0.3 is 6.09 Å². The second-order valence-corrected chi connectivity index (χ2v) is 5.30. The molecule has 1 amide bonds. The van der Waals surface area contributed by atoms with Crippen molar-refractivity contribution in [2.45, 2.75) is 6.61 Å². The lowest BCUT2D eigenvalue weighted by molar-refractivity contribution is 0.154. The molecule has 2 aromatic rings. The summed E-state index contributed by atoms with van der Waals surface area (Å²) >= 11 is 11.9. The van der Waals surface area contributed by atoms with E-state index in [4.69, 9.17) is 37.4 Å². The summed E-state index contributed by atoms with van der Waals surface area (Å²) in [5.41, 5.74) is 1.10. The van der Waals surface area contributed by atoms with Crippen molar-refractivity contribution in [2.24, 2.45) is 0 Å². The van der Waals surface area contributed by atoms with Crippen LogP contribution >= 0.6 is 23.2 Å². The summed E-state index contributed by atoms with van der Waals surface area (Å²) < 4.78 is 15.6. The van der Waals surface area contributed by atoms with E-state index in [9.17, 15) is 4.79 Å². The number of carbonyl (C=O) groups excluding carboxylic acids is 1. The van der Waals surface area contributed by atoms with Crippen LogP contribution in [0.1, 0.15) is 5.56 Å². The van der Waals surface area contributed by atoms with Gasteiger partial charge in [0.2, 0.25) is 6.79 Å². The highest BCUT2D eigenvalue weighted by molar-refractivity contribution is 6.39. The number of hydrogen-bond donors (Lipinski definition) is 1. The zero-order chi connectivity index (χ0) is 15.5. The first-order valence-electron chi connectivity index (χ1n) is 6.40. The Bertz CT molecular complexity index is 700. The highest BCUT2D eigenvalue weighted by Crippen LogP contribution is 2.33. The van der Waals surface area contributed by atoms with E-state index in [1.165, 1.54) is 0 Å². The number of amides is 1. The lowest BCUT2D eigenvalue weighted by Crippen LogP contribution is -2.14. The van der Waals surface area contributed by atoms with Crippen molar-refractivity contribution in [2.75, 3.05) is 12.1 Å². The highest BCUT2D eigenvalue weighted by atomic mass is 35.5. The fraction of sp³-hybridized carbons (Fsp3) is 0.133. The summed E-state index contributed by atoms with van der Waals surface area (Å²) in [5, 5.41) is 3.20. The molecule has 0 aromatic heterocycles. The summed E-state index contributed by atoms with van der Waals surface area (Å²) in [5.74, 6) is 1.31. The van der Waals surface area contributed by atoms with Gasteiger partial charge in [-0.25, -0.2) is 4.79 Å². The minimum Gasteiger partial charge on any atom is -0.454 e. The van der Waals surface area contributed by atoms with E-state index in [1.807, 2.05) is 0 Å². The number of benzene rings is 2. The standard InChI is InChI=1S/C15H11Cl2NO4/c16-10-2-1-3-11(17)14(10)18-15(19)20-7-9-4-5-12-13(6-9)22-8-21-12/h1-6H,7-8H2,(H,18,19). The molecule has 1 aliphatic heterocycles. The van der Waals surface area contributed by atoms with Crippen LogP contribution in [0, 0.1) is 0 Å². The summed E-state index contributed by atoms with van der Waals surface area (Å²) in [4.78, 5) is 11.8. The molecule has 114 valence electrons. The number of nitrogens with one attached hydrogen (secondary N) is 1. The Morgan fingerprint density at radius 3 is 2.64 bits per heavy atom. The molecule has 22 heavy (non-hydrogen) atoms. The summed E-state index contributed by atoms with van der Waals surface area (Å²) in [6.45, 7) is 0.287. The Morgan fingerprint density at radius 2 is 1.86 bits per heavy atom. The number of halogens is 2. The van der Waals surface area contributed by atoms with E-state index in [1.54, 1.807) is 36.4 Å². The van der Waals surface area contributed by atoms with Crippen molar-refractivity contribution in [1.82, 2.24) is 0 Å². The number of ether oxygens (including phenoxy) is 3. The second-order valence-electron chi connectivity index (χ2n) is 4.49. The molecule has 3 rings (SSSR count). The number of fused-ring (bicyclic) bond motifs is 1. The normalized spacial score (nSPS) is 12.1. The summed E-state index contributed by atoms with van der Waals surface area (Å²) in [7, 11) is 0.